The predicted molar refractivity (Wildman–Crippen MR) is 128 cm³/mol. The Bertz CT molecular complexity index is 1130. The quantitative estimate of drug-likeness (QED) is 0.312. The normalized spacial score (nSPS) is 10.6. The highest BCUT2D eigenvalue weighted by atomic mass is 35.5. The lowest BCUT2D eigenvalue weighted by Gasteiger charge is -2.20. The summed E-state index contributed by atoms with van der Waals surface area (Å²) in [6, 6.07) is 12.5. The van der Waals surface area contributed by atoms with Crippen molar-refractivity contribution in [2.45, 2.75) is 13.0 Å². The molecule has 162 valence electrons. The molecule has 4 rings (SSSR count). The minimum atomic E-state index is -0.175. The molecule has 1 amide bonds. The van der Waals surface area contributed by atoms with E-state index in [1.165, 1.54) is 11.3 Å². The average molecular weight is 498 g/mol. The molecule has 0 bridgehead atoms. The minimum Gasteiger partial charge on any atom is -0.484 e. The number of nitrogens with zero attached hydrogens (tertiary/aromatic N) is 4. The van der Waals surface area contributed by atoms with Gasteiger partial charge in [0.2, 0.25) is 0 Å². The number of carbonyl (C=O) groups is 1. The lowest BCUT2D eigenvalue weighted by Crippen LogP contribution is -2.36. The second-order valence-corrected chi connectivity index (χ2v) is 8.38. The maximum atomic E-state index is 13.0. The van der Waals surface area contributed by atoms with E-state index < -0.39 is 0 Å². The molecule has 31 heavy (non-hydrogen) atoms. The number of fused-ring (bicyclic) bond motifs is 1. The number of imidazole rings is 1. The first-order chi connectivity index (χ1) is 14.6. The van der Waals surface area contributed by atoms with E-state index in [1.54, 1.807) is 47.8 Å². The number of aromatic nitrogens is 3. The van der Waals surface area contributed by atoms with Gasteiger partial charge in [-0.3, -0.25) is 9.69 Å². The molecule has 2 aromatic carbocycles. The highest BCUT2D eigenvalue weighted by molar-refractivity contribution is 7.22. The van der Waals surface area contributed by atoms with Crippen LogP contribution in [0.2, 0.25) is 10.0 Å². The van der Waals surface area contributed by atoms with E-state index >= 15 is 0 Å². The standard InChI is InChI=1S/C21H18Cl2N4O2S.ClH/c22-15-5-7-16(8-6-15)29-13-19(28)27(11-2-10-26-12-9-24-14-26)21-25-20-17(23)3-1-4-18(20)30-21;/h1,3-9,12,14H,2,10-11,13H2;1H. The fraction of sp³-hybridized carbons (Fsp3) is 0.190. The van der Waals surface area contributed by atoms with Crippen molar-refractivity contribution in [2.24, 2.45) is 0 Å². The number of para-hydroxylation sites is 1. The third-order valence-corrected chi connectivity index (χ3v) is 6.02. The molecule has 0 aliphatic heterocycles. The van der Waals surface area contributed by atoms with Crippen molar-refractivity contribution in [3.05, 3.63) is 71.2 Å². The van der Waals surface area contributed by atoms with E-state index in [0.29, 0.717) is 33.0 Å². The molecule has 0 fully saturated rings. The van der Waals surface area contributed by atoms with E-state index in [-0.39, 0.29) is 24.9 Å². The van der Waals surface area contributed by atoms with Gasteiger partial charge in [0.15, 0.2) is 11.7 Å². The molecule has 10 heteroatoms. The van der Waals surface area contributed by atoms with E-state index in [4.69, 9.17) is 27.9 Å². The summed E-state index contributed by atoms with van der Waals surface area (Å²) < 4.78 is 8.57. The number of aryl methyl sites for hydroxylation is 1. The van der Waals surface area contributed by atoms with Gasteiger partial charge in [-0.2, -0.15) is 0 Å². The molecule has 0 atom stereocenters. The average Bonchev–Trinajstić information content (AvgIpc) is 3.41. The molecule has 0 radical (unpaired) electrons. The van der Waals surface area contributed by atoms with Crippen LogP contribution < -0.4 is 9.64 Å². The molecule has 0 unspecified atom stereocenters. The summed E-state index contributed by atoms with van der Waals surface area (Å²) in [5.74, 6) is 0.407. The monoisotopic (exact) mass is 496 g/mol. The largest absolute Gasteiger partial charge is 0.484 e. The Labute approximate surface area is 199 Å². The number of hydrogen-bond donors (Lipinski definition) is 0. The number of benzene rings is 2. The number of halogens is 3. The highest BCUT2D eigenvalue weighted by Gasteiger charge is 2.21. The van der Waals surface area contributed by atoms with Crippen LogP contribution in [0.3, 0.4) is 0 Å². The maximum Gasteiger partial charge on any atom is 0.266 e. The van der Waals surface area contributed by atoms with Gasteiger partial charge < -0.3 is 9.30 Å². The molecule has 2 aromatic heterocycles. The number of anilines is 1. The molecule has 0 aliphatic carbocycles. The van der Waals surface area contributed by atoms with Gasteiger partial charge in [-0.15, -0.1) is 12.4 Å². The first kappa shape index (κ1) is 23.3. The van der Waals surface area contributed by atoms with Gasteiger partial charge in [0, 0.05) is 30.5 Å². The van der Waals surface area contributed by atoms with Gasteiger partial charge in [-0.05, 0) is 42.8 Å². The minimum absolute atomic E-state index is 0. The lowest BCUT2D eigenvalue weighted by atomic mass is 10.3. The molecular formula is C21H19Cl3N4O2S. The van der Waals surface area contributed by atoms with Gasteiger partial charge in [-0.25, -0.2) is 9.97 Å². The second kappa shape index (κ2) is 10.8. The Kier molecular flexibility index (Phi) is 8.15. The molecule has 0 N–H and O–H groups in total. The van der Waals surface area contributed by atoms with Crippen LogP contribution in [-0.4, -0.2) is 33.6 Å². The Morgan fingerprint density at radius 1 is 1.16 bits per heavy atom. The number of amides is 1. The van der Waals surface area contributed by atoms with Crippen LogP contribution in [0.4, 0.5) is 5.13 Å². The number of ether oxygens (including phenoxy) is 1. The zero-order chi connectivity index (χ0) is 20.9. The van der Waals surface area contributed by atoms with E-state index in [0.717, 1.165) is 17.7 Å². The van der Waals surface area contributed by atoms with Crippen molar-refractivity contribution in [3.63, 3.8) is 0 Å². The van der Waals surface area contributed by atoms with Crippen molar-refractivity contribution < 1.29 is 9.53 Å². The van der Waals surface area contributed by atoms with E-state index in [2.05, 4.69) is 9.97 Å². The van der Waals surface area contributed by atoms with Crippen molar-refractivity contribution in [1.29, 1.82) is 0 Å². The SMILES string of the molecule is Cl.O=C(COc1ccc(Cl)cc1)N(CCCn1ccnc1)c1nc2c(Cl)cccc2s1. The second-order valence-electron chi connectivity index (χ2n) is 6.53. The summed E-state index contributed by atoms with van der Waals surface area (Å²) >= 11 is 13.6. The van der Waals surface area contributed by atoms with Gasteiger partial charge in [0.1, 0.15) is 11.3 Å². The summed E-state index contributed by atoms with van der Waals surface area (Å²) in [5, 5.41) is 1.79. The van der Waals surface area contributed by atoms with Crippen LogP contribution in [0.25, 0.3) is 10.2 Å². The van der Waals surface area contributed by atoms with E-state index in [1.807, 2.05) is 22.9 Å². The third kappa shape index (κ3) is 5.89. The van der Waals surface area contributed by atoms with Crippen molar-refractivity contribution >= 4 is 68.2 Å². The Morgan fingerprint density at radius 3 is 2.68 bits per heavy atom. The number of thiazole rings is 1. The summed E-state index contributed by atoms with van der Waals surface area (Å²) in [7, 11) is 0. The van der Waals surface area contributed by atoms with Crippen LogP contribution in [0.15, 0.2) is 61.2 Å². The zero-order valence-electron chi connectivity index (χ0n) is 16.3. The Morgan fingerprint density at radius 2 is 1.97 bits per heavy atom. The number of hydrogen-bond acceptors (Lipinski definition) is 5. The van der Waals surface area contributed by atoms with Gasteiger partial charge in [0.05, 0.1) is 16.0 Å². The van der Waals surface area contributed by atoms with Crippen LogP contribution in [0, 0.1) is 0 Å². The Balaban J connectivity index is 0.00000272. The van der Waals surface area contributed by atoms with Crippen LogP contribution in [0.1, 0.15) is 6.42 Å². The summed E-state index contributed by atoms with van der Waals surface area (Å²) in [4.78, 5) is 23.4. The fourth-order valence-corrected chi connectivity index (χ4v) is 4.36. The van der Waals surface area contributed by atoms with Crippen molar-refractivity contribution in [2.75, 3.05) is 18.1 Å². The maximum absolute atomic E-state index is 13.0. The summed E-state index contributed by atoms with van der Waals surface area (Å²) in [6.45, 7) is 1.14. The van der Waals surface area contributed by atoms with Gasteiger partial charge in [-0.1, -0.05) is 40.6 Å². The van der Waals surface area contributed by atoms with Gasteiger partial charge >= 0.3 is 0 Å². The number of carbonyl (C=O) groups excluding carboxylic acids is 1. The molecule has 0 aliphatic rings. The van der Waals surface area contributed by atoms with Crippen LogP contribution >= 0.6 is 46.9 Å². The zero-order valence-corrected chi connectivity index (χ0v) is 19.4. The first-order valence-corrected chi connectivity index (χ1v) is 10.9. The molecule has 0 saturated heterocycles. The summed E-state index contributed by atoms with van der Waals surface area (Å²) in [6.07, 6.45) is 6.13. The van der Waals surface area contributed by atoms with Crippen LogP contribution in [0.5, 0.6) is 5.75 Å². The number of rotatable bonds is 8. The molecule has 2 heterocycles. The van der Waals surface area contributed by atoms with Crippen molar-refractivity contribution in [1.82, 2.24) is 14.5 Å². The molecule has 4 aromatic rings. The smallest absolute Gasteiger partial charge is 0.266 e. The molecule has 0 saturated carbocycles. The Hall–Kier alpha value is -2.32. The fourth-order valence-electron chi connectivity index (χ4n) is 2.93. The van der Waals surface area contributed by atoms with Gasteiger partial charge in [0.25, 0.3) is 5.91 Å². The molecule has 6 nitrogen and oxygen atoms in total. The van der Waals surface area contributed by atoms with Crippen LogP contribution in [-0.2, 0) is 11.3 Å². The summed E-state index contributed by atoms with van der Waals surface area (Å²) in [5.41, 5.74) is 0.699. The van der Waals surface area contributed by atoms with Crippen molar-refractivity contribution in [3.8, 4) is 5.75 Å². The topological polar surface area (TPSA) is 60.2 Å². The lowest BCUT2D eigenvalue weighted by molar-refractivity contribution is -0.120. The molecule has 0 spiro atoms. The molecular weight excluding hydrogens is 479 g/mol. The van der Waals surface area contributed by atoms with E-state index in [9.17, 15) is 4.79 Å². The predicted octanol–water partition coefficient (Wildman–Crippen LogP) is 5.72. The highest BCUT2D eigenvalue weighted by Crippen LogP contribution is 2.33. The first-order valence-electron chi connectivity index (χ1n) is 9.30. The third-order valence-electron chi connectivity index (χ3n) is 4.42.